The zero-order valence-corrected chi connectivity index (χ0v) is 21.6. The molecule has 0 aliphatic rings. The molecule has 0 spiro atoms. The molecule has 0 saturated carbocycles. The molecule has 10 heteroatoms. The van der Waals surface area contributed by atoms with E-state index in [-0.39, 0.29) is 28.5 Å². The summed E-state index contributed by atoms with van der Waals surface area (Å²) < 4.78 is 6.86. The number of thiophene rings is 1. The van der Waals surface area contributed by atoms with E-state index < -0.39 is 11.7 Å². The summed E-state index contributed by atoms with van der Waals surface area (Å²) in [5.74, 6) is -1.51. The van der Waals surface area contributed by atoms with Crippen molar-refractivity contribution in [3.05, 3.63) is 92.0 Å². The van der Waals surface area contributed by atoms with Gasteiger partial charge in [0, 0.05) is 39.7 Å². The number of hydrogen-bond acceptors (Lipinski definition) is 8. The first-order chi connectivity index (χ1) is 17.3. The second-order valence-electron chi connectivity index (χ2n) is 8.22. The highest BCUT2D eigenvalue weighted by atomic mass is 79.9. The number of anilines is 1. The van der Waals surface area contributed by atoms with Crippen LogP contribution in [0.4, 0.5) is 5.69 Å². The number of rotatable bonds is 6. The smallest absolute Gasteiger partial charge is 0.312 e. The van der Waals surface area contributed by atoms with E-state index in [0.717, 1.165) is 26.9 Å². The Bertz CT molecular complexity index is 1640. The number of aromatic nitrogens is 3. The molecule has 5 rings (SSSR count). The minimum Gasteiger partial charge on any atom is -0.539 e. The van der Waals surface area contributed by atoms with Crippen LogP contribution in [0.5, 0.6) is 5.95 Å². The van der Waals surface area contributed by atoms with Gasteiger partial charge in [0.2, 0.25) is 5.69 Å². The molecule has 180 valence electrons. The van der Waals surface area contributed by atoms with Gasteiger partial charge in [-0.1, -0.05) is 46.3 Å². The molecule has 0 bridgehead atoms. The van der Waals surface area contributed by atoms with E-state index in [2.05, 4.69) is 26.2 Å². The first-order valence-corrected chi connectivity index (χ1v) is 12.5. The van der Waals surface area contributed by atoms with E-state index in [4.69, 9.17) is 10.3 Å². The Hall–Kier alpha value is -3.89. The van der Waals surface area contributed by atoms with E-state index in [0.29, 0.717) is 27.2 Å². The maximum Gasteiger partial charge on any atom is 0.312 e. The fraction of sp³-hybridized carbons (Fsp3) is 0.115. The molecule has 0 aliphatic carbocycles. The SMILES string of the molecule is Cc1nc2sc(C(=O)c3c([O-])on[n+]3-c3ccccc3)c(N)c2c(C)c1CC(=O)c1ccc(Br)cc1. The van der Waals surface area contributed by atoms with Gasteiger partial charge in [-0.3, -0.25) is 9.59 Å². The summed E-state index contributed by atoms with van der Waals surface area (Å²) >= 11 is 4.48. The van der Waals surface area contributed by atoms with Crippen molar-refractivity contribution in [3.63, 3.8) is 0 Å². The van der Waals surface area contributed by atoms with Gasteiger partial charge in [-0.15, -0.1) is 11.3 Å². The van der Waals surface area contributed by atoms with Crippen LogP contribution in [0.1, 0.15) is 42.5 Å². The number of carbonyl (C=O) groups is 2. The molecule has 2 aromatic carbocycles. The minimum absolute atomic E-state index is 0.0516. The van der Waals surface area contributed by atoms with Crippen LogP contribution in [-0.2, 0) is 6.42 Å². The Balaban J connectivity index is 1.57. The molecule has 0 saturated heterocycles. The van der Waals surface area contributed by atoms with Gasteiger partial charge in [0.15, 0.2) is 11.7 Å². The quantitative estimate of drug-likeness (QED) is 0.242. The number of aryl methyl sites for hydroxylation is 2. The molecule has 0 amide bonds. The molecule has 0 radical (unpaired) electrons. The lowest BCUT2D eigenvalue weighted by atomic mass is 9.96. The van der Waals surface area contributed by atoms with E-state index in [1.54, 1.807) is 36.4 Å². The summed E-state index contributed by atoms with van der Waals surface area (Å²) in [5, 5.41) is 16.8. The largest absolute Gasteiger partial charge is 0.539 e. The van der Waals surface area contributed by atoms with Gasteiger partial charge in [-0.05, 0) is 41.8 Å². The van der Waals surface area contributed by atoms with Crippen molar-refractivity contribution in [3.8, 4) is 11.6 Å². The predicted molar refractivity (Wildman–Crippen MR) is 137 cm³/mol. The molecule has 8 nitrogen and oxygen atoms in total. The topological polar surface area (TPSA) is 126 Å². The number of fused-ring (bicyclic) bond motifs is 1. The maximum atomic E-state index is 13.5. The van der Waals surface area contributed by atoms with Gasteiger partial charge in [0.05, 0.1) is 11.0 Å². The van der Waals surface area contributed by atoms with Crippen LogP contribution in [0, 0.1) is 13.8 Å². The first kappa shape index (κ1) is 23.8. The Labute approximate surface area is 218 Å². The van der Waals surface area contributed by atoms with Gasteiger partial charge in [0.25, 0.3) is 5.78 Å². The number of nitrogens with two attached hydrogens (primary N) is 1. The molecule has 3 aromatic heterocycles. The third-order valence-electron chi connectivity index (χ3n) is 6.00. The van der Waals surface area contributed by atoms with Crippen LogP contribution in [0.15, 0.2) is 63.6 Å². The lowest BCUT2D eigenvalue weighted by molar-refractivity contribution is -0.672. The van der Waals surface area contributed by atoms with Crippen molar-refractivity contribution >= 4 is 54.7 Å². The molecule has 3 heterocycles. The van der Waals surface area contributed by atoms with Crippen molar-refractivity contribution in [2.75, 3.05) is 5.73 Å². The van der Waals surface area contributed by atoms with Crippen molar-refractivity contribution in [1.29, 1.82) is 0 Å². The van der Waals surface area contributed by atoms with E-state index >= 15 is 0 Å². The van der Waals surface area contributed by atoms with E-state index in [9.17, 15) is 14.7 Å². The summed E-state index contributed by atoms with van der Waals surface area (Å²) in [6.07, 6.45) is 0.144. The second kappa shape index (κ2) is 9.29. The summed E-state index contributed by atoms with van der Waals surface area (Å²) in [6, 6.07) is 15.9. The van der Waals surface area contributed by atoms with Crippen LogP contribution in [-0.4, -0.2) is 21.8 Å². The van der Waals surface area contributed by atoms with Crippen molar-refractivity contribution in [1.82, 2.24) is 10.3 Å². The number of benzene rings is 2. The zero-order valence-electron chi connectivity index (χ0n) is 19.2. The Morgan fingerprint density at radius 3 is 2.50 bits per heavy atom. The van der Waals surface area contributed by atoms with Gasteiger partial charge in [0.1, 0.15) is 9.71 Å². The third-order valence-corrected chi connectivity index (χ3v) is 7.62. The fourth-order valence-corrected chi connectivity index (χ4v) is 5.54. The number of hydrogen-bond donors (Lipinski definition) is 1. The predicted octanol–water partition coefficient (Wildman–Crippen LogP) is 4.25. The van der Waals surface area contributed by atoms with Crippen LogP contribution in [0.3, 0.4) is 0 Å². The van der Waals surface area contributed by atoms with Gasteiger partial charge >= 0.3 is 5.69 Å². The van der Waals surface area contributed by atoms with Gasteiger partial charge in [-0.25, -0.2) is 4.98 Å². The van der Waals surface area contributed by atoms with Crippen LogP contribution < -0.4 is 15.5 Å². The number of halogens is 1. The van der Waals surface area contributed by atoms with E-state index in [1.165, 1.54) is 4.68 Å². The monoisotopic (exact) mass is 562 g/mol. The minimum atomic E-state index is -0.859. The Morgan fingerprint density at radius 2 is 1.81 bits per heavy atom. The highest BCUT2D eigenvalue weighted by Crippen LogP contribution is 2.38. The van der Waals surface area contributed by atoms with Gasteiger partial charge < -0.3 is 15.4 Å². The summed E-state index contributed by atoms with van der Waals surface area (Å²) in [7, 11) is 0. The first-order valence-electron chi connectivity index (χ1n) is 10.9. The number of ketones is 2. The molecule has 0 aliphatic heterocycles. The number of pyridine rings is 1. The normalized spacial score (nSPS) is 11.2. The lowest BCUT2D eigenvalue weighted by Crippen LogP contribution is -2.39. The number of Topliss-reactive ketones (excluding diaryl/α,β-unsaturated/α-hetero) is 1. The maximum absolute atomic E-state index is 13.5. The van der Waals surface area contributed by atoms with Crippen LogP contribution >= 0.6 is 27.3 Å². The average molecular weight is 563 g/mol. The van der Waals surface area contributed by atoms with Crippen molar-refractivity contribution in [2.45, 2.75) is 20.3 Å². The lowest BCUT2D eigenvalue weighted by Gasteiger charge is -2.11. The molecule has 5 aromatic rings. The Kier molecular flexibility index (Phi) is 6.15. The average Bonchev–Trinajstić information content (AvgIpc) is 3.41. The Morgan fingerprint density at radius 1 is 1.11 bits per heavy atom. The summed E-state index contributed by atoms with van der Waals surface area (Å²) in [6.45, 7) is 3.69. The fourth-order valence-electron chi connectivity index (χ4n) is 4.13. The molecular weight excluding hydrogens is 544 g/mol. The van der Waals surface area contributed by atoms with Crippen molar-refractivity contribution < 1.29 is 23.9 Å². The summed E-state index contributed by atoms with van der Waals surface area (Å²) in [4.78, 5) is 31.8. The standard InChI is InChI=1S/C26H19BrN4O4S/c1-13-18(12-19(32)15-8-10-16(27)11-9-15)14(2)29-25-20(13)21(28)24(36-25)23(33)22-26(34)35-30-31(22)17-6-4-3-5-7-17/h3-11H,12H2,1-2H3,(H2-,28,30,33,34). The zero-order chi connectivity index (χ0) is 25.6. The number of nitrogens with zero attached hydrogens (tertiary/aromatic N) is 3. The number of carbonyl (C=O) groups excluding carboxylic acids is 2. The molecule has 0 fully saturated rings. The van der Waals surface area contributed by atoms with Crippen molar-refractivity contribution in [2.24, 2.45) is 0 Å². The molecule has 36 heavy (non-hydrogen) atoms. The molecule has 0 unspecified atom stereocenters. The number of nitrogen functional groups attached to an aromatic ring is 1. The van der Waals surface area contributed by atoms with Gasteiger partial charge in [-0.2, -0.15) is 0 Å². The van der Waals surface area contributed by atoms with Crippen LogP contribution in [0.2, 0.25) is 0 Å². The molecular formula is C26H19BrN4O4S. The third kappa shape index (κ3) is 4.08. The summed E-state index contributed by atoms with van der Waals surface area (Å²) in [5.41, 5.74) is 9.73. The highest BCUT2D eigenvalue weighted by molar-refractivity contribution is 9.10. The highest BCUT2D eigenvalue weighted by Gasteiger charge is 2.32. The number of para-hydroxylation sites is 1. The molecule has 0 atom stereocenters. The second-order valence-corrected chi connectivity index (χ2v) is 10.1. The van der Waals surface area contributed by atoms with E-state index in [1.807, 2.05) is 32.0 Å². The van der Waals surface area contributed by atoms with Crippen LogP contribution in [0.25, 0.3) is 15.9 Å². The molecule has 2 N–H and O–H groups in total.